The molecule has 2 amide bonds. The molecule has 2 aliphatic carbocycles. The van der Waals surface area contributed by atoms with E-state index in [1.807, 2.05) is 4.72 Å². The number of ether oxygens (including phenoxy) is 1. The van der Waals surface area contributed by atoms with Crippen LogP contribution >= 0.6 is 0 Å². The molecule has 152 valence electrons. The molecule has 2 aromatic rings. The van der Waals surface area contributed by atoms with Crippen molar-refractivity contribution in [3.63, 3.8) is 0 Å². The van der Waals surface area contributed by atoms with Gasteiger partial charge in [-0.1, -0.05) is 6.07 Å². The summed E-state index contributed by atoms with van der Waals surface area (Å²) < 4.78 is 31.7. The van der Waals surface area contributed by atoms with Crippen LogP contribution in [0.25, 0.3) is 0 Å². The lowest BCUT2D eigenvalue weighted by Gasteiger charge is -2.16. The van der Waals surface area contributed by atoms with Gasteiger partial charge in [0.25, 0.3) is 10.0 Å². The number of anilines is 1. The first-order chi connectivity index (χ1) is 13.9. The lowest BCUT2D eigenvalue weighted by molar-refractivity contribution is 0.0600. The number of rotatable bonds is 4. The summed E-state index contributed by atoms with van der Waals surface area (Å²) in [5.74, 6) is -0.691. The number of aromatic nitrogens is 1. The number of urea groups is 1. The molecule has 2 N–H and O–H groups in total. The molecule has 8 nitrogen and oxygen atoms in total. The van der Waals surface area contributed by atoms with Gasteiger partial charge in [-0.05, 0) is 72.9 Å². The Kier molecular flexibility index (Phi) is 4.99. The first-order valence-corrected chi connectivity index (χ1v) is 10.9. The molecule has 1 aromatic carbocycles. The number of fused-ring (bicyclic) bond motifs is 2. The summed E-state index contributed by atoms with van der Waals surface area (Å²) in [7, 11) is -3.06. The molecule has 29 heavy (non-hydrogen) atoms. The Labute approximate surface area is 168 Å². The van der Waals surface area contributed by atoms with Gasteiger partial charge in [-0.15, -0.1) is 0 Å². The van der Waals surface area contributed by atoms with Gasteiger partial charge in [-0.2, -0.15) is 8.42 Å². The Morgan fingerprint density at radius 1 is 1.03 bits per heavy atom. The van der Waals surface area contributed by atoms with Crippen molar-refractivity contribution in [1.82, 2.24) is 9.71 Å². The van der Waals surface area contributed by atoms with Gasteiger partial charge in [0.2, 0.25) is 0 Å². The maximum atomic E-state index is 12.6. The van der Waals surface area contributed by atoms with Crippen LogP contribution in [-0.2, 0) is 40.4 Å². The van der Waals surface area contributed by atoms with E-state index in [0.29, 0.717) is 0 Å². The van der Waals surface area contributed by atoms with Crippen molar-refractivity contribution in [2.24, 2.45) is 0 Å². The van der Waals surface area contributed by atoms with Crippen LogP contribution < -0.4 is 10.0 Å². The fourth-order valence-electron chi connectivity index (χ4n) is 4.08. The molecule has 2 aliphatic rings. The van der Waals surface area contributed by atoms with Crippen LogP contribution in [0.4, 0.5) is 10.5 Å². The number of methoxy groups -OCH3 is 1. The van der Waals surface area contributed by atoms with E-state index >= 15 is 0 Å². The number of hydrogen-bond acceptors (Lipinski definition) is 6. The SMILES string of the molecule is COC(=O)c1ccnc(S(=O)(=O)NC(=O)Nc2c3c(cc4c2CCC4)CCC3)c1. The van der Waals surface area contributed by atoms with Crippen molar-refractivity contribution in [1.29, 1.82) is 0 Å². The van der Waals surface area contributed by atoms with Gasteiger partial charge in [0, 0.05) is 11.9 Å². The first kappa shape index (κ1) is 19.4. The minimum Gasteiger partial charge on any atom is -0.465 e. The number of carbonyl (C=O) groups is 2. The number of nitrogens with one attached hydrogen (secondary N) is 2. The second kappa shape index (κ2) is 7.47. The number of pyridine rings is 1. The molecule has 0 radical (unpaired) electrons. The summed E-state index contributed by atoms with van der Waals surface area (Å²) in [5, 5.41) is 2.34. The second-order valence-electron chi connectivity index (χ2n) is 7.17. The van der Waals surface area contributed by atoms with Crippen molar-refractivity contribution in [2.75, 3.05) is 12.4 Å². The molecule has 0 fully saturated rings. The van der Waals surface area contributed by atoms with Crippen LogP contribution in [0.1, 0.15) is 45.5 Å². The molecule has 0 saturated heterocycles. The summed E-state index contributed by atoms with van der Waals surface area (Å²) in [6.45, 7) is 0. The van der Waals surface area contributed by atoms with E-state index in [2.05, 4.69) is 21.1 Å². The minimum atomic E-state index is -4.25. The van der Waals surface area contributed by atoms with Crippen molar-refractivity contribution in [2.45, 2.75) is 43.6 Å². The molecular formula is C20H21N3O5S. The van der Waals surface area contributed by atoms with Gasteiger partial charge in [-0.25, -0.2) is 19.3 Å². The van der Waals surface area contributed by atoms with Crippen LogP contribution in [-0.4, -0.2) is 32.5 Å². The minimum absolute atomic E-state index is 0.0296. The van der Waals surface area contributed by atoms with E-state index < -0.39 is 27.0 Å². The smallest absolute Gasteiger partial charge is 0.338 e. The zero-order chi connectivity index (χ0) is 20.6. The maximum absolute atomic E-state index is 12.6. The highest BCUT2D eigenvalue weighted by Gasteiger charge is 2.27. The molecule has 0 saturated carbocycles. The lowest BCUT2D eigenvalue weighted by Crippen LogP contribution is -2.35. The third kappa shape index (κ3) is 3.69. The number of benzene rings is 1. The number of esters is 1. The number of nitrogens with zero attached hydrogens (tertiary/aromatic N) is 1. The van der Waals surface area contributed by atoms with E-state index in [1.165, 1.54) is 30.5 Å². The van der Waals surface area contributed by atoms with Gasteiger partial charge in [0.05, 0.1) is 12.7 Å². The normalized spacial score (nSPS) is 14.8. The van der Waals surface area contributed by atoms with Gasteiger partial charge < -0.3 is 10.1 Å². The molecule has 0 spiro atoms. The molecule has 1 aromatic heterocycles. The highest BCUT2D eigenvalue weighted by molar-refractivity contribution is 7.90. The predicted molar refractivity (Wildman–Crippen MR) is 105 cm³/mol. The number of carbonyl (C=O) groups excluding carboxylic acids is 2. The highest BCUT2D eigenvalue weighted by atomic mass is 32.2. The first-order valence-electron chi connectivity index (χ1n) is 9.43. The monoisotopic (exact) mass is 415 g/mol. The third-order valence-corrected chi connectivity index (χ3v) is 6.60. The highest BCUT2D eigenvalue weighted by Crippen LogP contribution is 2.38. The fourth-order valence-corrected chi connectivity index (χ4v) is 4.96. The Bertz CT molecular complexity index is 1080. The summed E-state index contributed by atoms with van der Waals surface area (Å²) in [5.41, 5.74) is 5.44. The van der Waals surface area contributed by atoms with Crippen molar-refractivity contribution < 1.29 is 22.7 Å². The van der Waals surface area contributed by atoms with E-state index in [0.717, 1.165) is 61.4 Å². The summed E-state index contributed by atoms with van der Waals surface area (Å²) in [6, 6.07) is 3.79. The standard InChI is InChI=1S/C20H21N3O5S/c1-28-19(24)14-8-9-21-17(11-14)29(26,27)23-20(25)22-18-15-6-2-4-12(15)10-13-5-3-7-16(13)18/h8-11H,2-7H2,1H3,(H2,22,23,25). The number of hydrogen-bond donors (Lipinski definition) is 2. The summed E-state index contributed by atoms with van der Waals surface area (Å²) >= 11 is 0. The van der Waals surface area contributed by atoms with Gasteiger partial charge >= 0.3 is 12.0 Å². The fraction of sp³-hybridized carbons (Fsp3) is 0.350. The average Bonchev–Trinajstić information content (AvgIpc) is 3.36. The zero-order valence-electron chi connectivity index (χ0n) is 15.9. The van der Waals surface area contributed by atoms with Crippen molar-refractivity contribution in [3.05, 3.63) is 52.2 Å². The number of amides is 2. The van der Waals surface area contributed by atoms with Crippen LogP contribution in [0.15, 0.2) is 29.4 Å². The Morgan fingerprint density at radius 2 is 1.69 bits per heavy atom. The molecule has 4 rings (SSSR count). The van der Waals surface area contributed by atoms with Crippen LogP contribution in [0.3, 0.4) is 0 Å². The van der Waals surface area contributed by atoms with E-state index in [4.69, 9.17) is 0 Å². The zero-order valence-corrected chi connectivity index (χ0v) is 16.8. The maximum Gasteiger partial charge on any atom is 0.338 e. The molecule has 0 atom stereocenters. The second-order valence-corrected chi connectivity index (χ2v) is 8.80. The topological polar surface area (TPSA) is 114 Å². The summed E-state index contributed by atoms with van der Waals surface area (Å²) in [6.07, 6.45) is 6.91. The van der Waals surface area contributed by atoms with Gasteiger partial charge in [0.1, 0.15) is 0 Å². The quantitative estimate of drug-likeness (QED) is 0.741. The van der Waals surface area contributed by atoms with E-state index in [-0.39, 0.29) is 5.56 Å². The van der Waals surface area contributed by atoms with Crippen LogP contribution in [0.2, 0.25) is 0 Å². The van der Waals surface area contributed by atoms with Crippen molar-refractivity contribution in [3.8, 4) is 0 Å². The molecule has 0 unspecified atom stereocenters. The average molecular weight is 415 g/mol. The van der Waals surface area contributed by atoms with Gasteiger partial charge in [0.15, 0.2) is 5.03 Å². The molecule has 9 heteroatoms. The summed E-state index contributed by atoms with van der Waals surface area (Å²) in [4.78, 5) is 27.9. The third-order valence-electron chi connectivity index (χ3n) is 5.37. The Balaban J connectivity index is 1.58. The van der Waals surface area contributed by atoms with Gasteiger partial charge in [-0.3, -0.25) is 0 Å². The molecule has 0 aliphatic heterocycles. The van der Waals surface area contributed by atoms with Crippen molar-refractivity contribution >= 4 is 27.7 Å². The molecule has 1 heterocycles. The predicted octanol–water partition coefficient (Wildman–Crippen LogP) is 2.36. The Morgan fingerprint density at radius 3 is 2.31 bits per heavy atom. The van der Waals surface area contributed by atoms with Crippen LogP contribution in [0, 0.1) is 0 Å². The number of aryl methyl sites for hydroxylation is 2. The van der Waals surface area contributed by atoms with E-state index in [9.17, 15) is 18.0 Å². The molecule has 0 bridgehead atoms. The van der Waals surface area contributed by atoms with Crippen LogP contribution in [0.5, 0.6) is 0 Å². The molecular weight excluding hydrogens is 394 g/mol. The largest absolute Gasteiger partial charge is 0.465 e. The van der Waals surface area contributed by atoms with E-state index in [1.54, 1.807) is 0 Å². The Hall–Kier alpha value is -2.94. The number of sulfonamides is 1. The lowest BCUT2D eigenvalue weighted by atomic mass is 9.99.